The van der Waals surface area contributed by atoms with Crippen LogP contribution in [0.1, 0.15) is 309 Å². The number of cyclic esters (lactones) is 2. The summed E-state index contributed by atoms with van der Waals surface area (Å²) < 4.78 is 130. The summed E-state index contributed by atoms with van der Waals surface area (Å²) in [5, 5.41) is 1.05. The van der Waals surface area contributed by atoms with Crippen molar-refractivity contribution in [3.05, 3.63) is 0 Å². The van der Waals surface area contributed by atoms with Crippen LogP contribution in [-0.2, 0) is 176 Å². The van der Waals surface area contributed by atoms with Crippen LogP contribution in [0.25, 0.3) is 0 Å². The topological polar surface area (TPSA) is 504 Å². The average Bonchev–Trinajstić information content (AvgIpc) is 1.54. The molecule has 0 amide bonds. The standard InChI is InChI=1S/3C14H20O5.C13H18O5.C12H20O5.C7H8O4.C7H8O3S.3C7H14O2.C6H8O3/c1-5-13(2,3)11(15)18-8-7-6-14(4)10(17-7)9(8)19-12(14)16;1-5-14(3,4)13(16)19-10-8-6(2)7-9(17-8)11(10)18-12(7)15;1-4-14(2,3)13(16)17-6-8-9-5-7-10(18-9)11(8)19-12(7)15;1-4-13(2,3)12(15)18-9-7-5-6-8(16-7)10(9)17-11(6)14;1-6-11(2,3)9(13)17-12(4,5)8-7-15-10(14)16-8;8-7-10-5-3-1-2-4(9-3)6(5)11-7;8-7-9-5-3-1-2-4(11-3)6(5)10-7;3*1-5-7(2,3)6(8)9-4;7-6-8-4-2-1-3-5(4)9-6/h7-10H,5-6H2,1-4H3;6-11H,5H2,1-4H3;7-11H,4-6H2,1-3H3;6-10H,4-5H2,1-3H3;8H,6-7H2,1-5H3;2*3-6H,1-2H2;3*5H2,1-4H3;4-5H,1-3H2. The Bertz CT molecular complexity index is 4710. The molecule has 1 aliphatic carbocycles. The molecule has 0 aromatic carbocycles. The van der Waals surface area contributed by atoms with Crippen LogP contribution in [0.2, 0.25) is 0 Å². The second-order valence-corrected chi connectivity index (χ2v) is 49.5. The lowest BCUT2D eigenvalue weighted by Crippen LogP contribution is -2.45. The molecule has 41 nitrogen and oxygen atoms in total. The summed E-state index contributed by atoms with van der Waals surface area (Å²) in [6.45, 7) is 53.1. The van der Waals surface area contributed by atoms with Crippen LogP contribution in [0.15, 0.2) is 0 Å². The van der Waals surface area contributed by atoms with Crippen molar-refractivity contribution < 1.29 is 195 Å². The van der Waals surface area contributed by atoms with Gasteiger partial charge in [0.05, 0.1) is 118 Å². The highest BCUT2D eigenvalue weighted by molar-refractivity contribution is 8.01. The van der Waals surface area contributed by atoms with Gasteiger partial charge in [0.1, 0.15) is 73.8 Å². The van der Waals surface area contributed by atoms with Crippen LogP contribution in [0.4, 0.5) is 19.2 Å². The molecular weight excluding hydrogens is 1990 g/mol. The van der Waals surface area contributed by atoms with Gasteiger partial charge in [0.25, 0.3) is 0 Å². The summed E-state index contributed by atoms with van der Waals surface area (Å²) in [6.07, 6.45) is 8.83. The Morgan fingerprint density at radius 1 is 0.340 bits per heavy atom. The number of methoxy groups -OCH3 is 3. The monoisotopic (exact) mass is 2150 g/mol. The van der Waals surface area contributed by atoms with Crippen LogP contribution in [0, 0.1) is 78.3 Å². The van der Waals surface area contributed by atoms with Gasteiger partial charge in [-0.1, -0.05) is 62.3 Å². The lowest BCUT2D eigenvalue weighted by molar-refractivity contribution is -0.176. The number of rotatable bonds is 23. The summed E-state index contributed by atoms with van der Waals surface area (Å²) in [5.74, 6) is -2.78. The number of hydrogen-bond acceptors (Lipinski definition) is 42. The number of thioether (sulfide) groups is 1. The Kier molecular flexibility index (Phi) is 38.5. The maximum Gasteiger partial charge on any atom is 0.509 e. The lowest BCUT2D eigenvalue weighted by Gasteiger charge is -2.32. The van der Waals surface area contributed by atoms with Crippen molar-refractivity contribution in [2.45, 2.75) is 472 Å². The van der Waals surface area contributed by atoms with Crippen molar-refractivity contribution in [3.63, 3.8) is 0 Å². The molecule has 12 bridgehead atoms. The van der Waals surface area contributed by atoms with E-state index in [4.69, 9.17) is 104 Å². The molecule has 0 aromatic heterocycles. The molecule has 0 spiro atoms. The van der Waals surface area contributed by atoms with Crippen molar-refractivity contribution >= 4 is 108 Å². The number of fused-ring (bicyclic) bond motifs is 15. The molecule has 21 rings (SSSR count). The van der Waals surface area contributed by atoms with E-state index in [0.717, 1.165) is 57.8 Å². The van der Waals surface area contributed by atoms with Crippen molar-refractivity contribution in [1.82, 2.24) is 0 Å². The molecule has 848 valence electrons. The normalized spacial score (nSPS) is 35.3. The van der Waals surface area contributed by atoms with E-state index in [1.165, 1.54) is 34.2 Å². The molecule has 21 fully saturated rings. The predicted octanol–water partition coefficient (Wildman–Crippen LogP) is 14.8. The van der Waals surface area contributed by atoms with E-state index in [2.05, 4.69) is 14.2 Å². The van der Waals surface area contributed by atoms with Crippen molar-refractivity contribution in [2.24, 2.45) is 78.3 Å². The van der Waals surface area contributed by atoms with Crippen molar-refractivity contribution in [2.75, 3.05) is 34.5 Å². The Labute approximate surface area is 883 Å². The molecule has 20 heterocycles. The largest absolute Gasteiger partial charge is 0.509 e. The Morgan fingerprint density at radius 2 is 0.727 bits per heavy atom. The summed E-state index contributed by atoms with van der Waals surface area (Å²) in [6, 6.07) is 0. The molecule has 21 aliphatic rings. The molecule has 0 aromatic rings. The first-order valence-corrected chi connectivity index (χ1v) is 54.3. The van der Waals surface area contributed by atoms with Crippen LogP contribution in [0.3, 0.4) is 0 Å². The van der Waals surface area contributed by atoms with Crippen molar-refractivity contribution in [1.29, 1.82) is 0 Å². The average molecular weight is 2150 g/mol. The maximum atomic E-state index is 12.2. The molecule has 150 heavy (non-hydrogen) atoms. The lowest BCUT2D eigenvalue weighted by atomic mass is 9.75. The fraction of sp³-hybridized carbons (Fsp3) is 0.852. The van der Waals surface area contributed by atoms with Crippen LogP contribution in [0.5, 0.6) is 0 Å². The Morgan fingerprint density at radius 3 is 1.17 bits per heavy atom. The Hall–Kier alpha value is -9.13. The van der Waals surface area contributed by atoms with Gasteiger partial charge in [-0.05, 0) is 247 Å². The molecular formula is C108H164O41S. The summed E-state index contributed by atoms with van der Waals surface area (Å²) >= 11 is 1.92. The van der Waals surface area contributed by atoms with E-state index in [9.17, 15) is 76.7 Å². The van der Waals surface area contributed by atoms with Crippen LogP contribution >= 0.6 is 11.8 Å². The molecule has 0 N–H and O–H groups in total. The SMILES string of the molecule is CCC(C)(C)C(=O)OC.CCC(C)(C)C(=O)OC.CCC(C)(C)C(=O)OC.CCC(C)(C)C(=O)OC(C)(C)C1COC(=O)O1.CCC(C)(C)C(=O)OC1C2CC3(C)C(=O)OC1C3O2.CCC(C)(C)C(=O)OC1C2CC3C(=O)OC1C3O2.CCC(C)(C)C(=O)OC1C2OC3C1OC(=O)C3C2C.CCC(C)(C)C(=O)OCC1C2CC3C(=O)OC1C3O2.O=C1OC2C3CCC(O3)C2O1.O=C1OC2C3CCC(S3)C2O1.O=C1OC2CCCC2O1. The minimum atomic E-state index is -0.879. The van der Waals surface area contributed by atoms with E-state index in [0.29, 0.717) is 55.4 Å². The second-order valence-electron chi connectivity index (χ2n) is 48.0. The fourth-order valence-electron chi connectivity index (χ4n) is 20.4. The summed E-state index contributed by atoms with van der Waals surface area (Å²) in [7, 11) is 4.25. The smallest absolute Gasteiger partial charge is 0.469 e. The van der Waals surface area contributed by atoms with E-state index >= 15 is 0 Å². The van der Waals surface area contributed by atoms with E-state index < -0.39 is 105 Å². The van der Waals surface area contributed by atoms with Gasteiger partial charge in [-0.15, -0.1) is 11.8 Å². The van der Waals surface area contributed by atoms with E-state index in [1.54, 1.807) is 13.8 Å². The Balaban J connectivity index is 0.000000158. The van der Waals surface area contributed by atoms with Gasteiger partial charge in [-0.25, -0.2) is 19.2 Å². The van der Waals surface area contributed by atoms with Gasteiger partial charge >= 0.3 is 96.3 Å². The third kappa shape index (κ3) is 26.0. The van der Waals surface area contributed by atoms with Gasteiger partial charge in [0.2, 0.25) is 0 Å². The first-order chi connectivity index (χ1) is 69.9. The molecule has 0 radical (unpaired) electrons. The highest BCUT2D eigenvalue weighted by Crippen LogP contribution is 2.58. The van der Waals surface area contributed by atoms with E-state index in [1.807, 2.05) is 192 Å². The van der Waals surface area contributed by atoms with Gasteiger partial charge in [-0.3, -0.25) is 57.5 Å². The predicted molar refractivity (Wildman–Crippen MR) is 526 cm³/mol. The highest BCUT2D eigenvalue weighted by Gasteiger charge is 2.73. The fourth-order valence-corrected chi connectivity index (χ4v) is 22.1. The highest BCUT2D eigenvalue weighted by atomic mass is 32.2. The quantitative estimate of drug-likeness (QED) is 0.0677. The van der Waals surface area contributed by atoms with Crippen LogP contribution < -0.4 is 0 Å². The summed E-state index contributed by atoms with van der Waals surface area (Å²) in [5.41, 5.74) is -4.91. The third-order valence-corrected chi connectivity index (χ3v) is 36.0. The van der Waals surface area contributed by atoms with Crippen molar-refractivity contribution in [3.8, 4) is 0 Å². The number of carbonyl (C=O) groups is 16. The number of ether oxygens (including phenoxy) is 25. The molecule has 32 atom stereocenters. The maximum absolute atomic E-state index is 12.2. The zero-order chi connectivity index (χ0) is 112. The van der Waals surface area contributed by atoms with Gasteiger partial charge < -0.3 is 118 Å². The molecule has 1 saturated carbocycles. The number of carbonyl (C=O) groups excluding carboxylic acids is 16. The van der Waals surface area contributed by atoms with E-state index in [-0.39, 0.29) is 234 Å². The van der Waals surface area contributed by atoms with Gasteiger partial charge in [-0.2, -0.15) is 0 Å². The first-order valence-electron chi connectivity index (χ1n) is 53.4. The summed E-state index contributed by atoms with van der Waals surface area (Å²) in [4.78, 5) is 182. The molecule has 42 heteroatoms. The minimum Gasteiger partial charge on any atom is -0.469 e. The minimum absolute atomic E-state index is 0.00369. The first kappa shape index (κ1) is 121. The van der Waals surface area contributed by atoms with Crippen LogP contribution in [-0.4, -0.2) is 293 Å². The molecule has 20 saturated heterocycles. The molecule has 32 unspecified atom stereocenters. The molecule has 20 aliphatic heterocycles. The zero-order valence-corrected chi connectivity index (χ0v) is 94.0. The zero-order valence-electron chi connectivity index (χ0n) is 93.2. The number of esters is 12. The second kappa shape index (κ2) is 47.7. The van der Waals surface area contributed by atoms with Gasteiger partial charge in [0, 0.05) is 16.4 Å². The van der Waals surface area contributed by atoms with Gasteiger partial charge in [0.15, 0.2) is 67.1 Å². The third-order valence-electron chi connectivity index (χ3n) is 34.3. The number of hydrogen-bond donors (Lipinski definition) is 0.